The van der Waals surface area contributed by atoms with Crippen LogP contribution in [0.25, 0.3) is 6.08 Å². The zero-order chi connectivity index (χ0) is 21.1. The zero-order valence-corrected chi connectivity index (χ0v) is 16.7. The van der Waals surface area contributed by atoms with Crippen LogP contribution in [0.15, 0.2) is 46.4 Å². The monoisotopic (exact) mass is 409 g/mol. The lowest BCUT2D eigenvalue weighted by Gasteiger charge is -2.26. The molecular weight excluding hydrogens is 386 g/mol. The van der Waals surface area contributed by atoms with E-state index in [-0.39, 0.29) is 5.57 Å². The maximum absolute atomic E-state index is 13.0. The van der Waals surface area contributed by atoms with Gasteiger partial charge >= 0.3 is 6.03 Å². The second-order valence-corrected chi connectivity index (χ2v) is 7.11. The van der Waals surface area contributed by atoms with Crippen molar-refractivity contribution in [3.63, 3.8) is 0 Å². The lowest BCUT2D eigenvalue weighted by atomic mass is 10.1. The number of ether oxygens (including phenoxy) is 1. The Kier molecular flexibility index (Phi) is 5.56. The Bertz CT molecular complexity index is 1000. The van der Waals surface area contributed by atoms with Gasteiger partial charge in [-0.15, -0.1) is 0 Å². The SMILES string of the molecule is CCOc1cccc(N2C(=O)NC(=O)/C(=C\c3ccc(N4CCCCC4)o3)C2=O)c1. The van der Waals surface area contributed by atoms with Crippen molar-refractivity contribution in [3.05, 3.63) is 47.7 Å². The average molecular weight is 409 g/mol. The Morgan fingerprint density at radius 1 is 1.10 bits per heavy atom. The minimum Gasteiger partial charge on any atom is -0.494 e. The van der Waals surface area contributed by atoms with Crippen molar-refractivity contribution in [3.8, 4) is 5.75 Å². The van der Waals surface area contributed by atoms with E-state index in [1.54, 1.807) is 30.3 Å². The summed E-state index contributed by atoms with van der Waals surface area (Å²) in [5, 5.41) is 2.22. The van der Waals surface area contributed by atoms with Crippen LogP contribution in [0.3, 0.4) is 0 Å². The van der Waals surface area contributed by atoms with Crippen molar-refractivity contribution < 1.29 is 23.5 Å². The van der Waals surface area contributed by atoms with Crippen LogP contribution < -0.4 is 19.9 Å². The van der Waals surface area contributed by atoms with Gasteiger partial charge in [-0.2, -0.15) is 0 Å². The largest absolute Gasteiger partial charge is 0.494 e. The number of anilines is 2. The first-order valence-corrected chi connectivity index (χ1v) is 10.1. The molecule has 4 amide bonds. The van der Waals surface area contributed by atoms with E-state index in [9.17, 15) is 14.4 Å². The number of hydrogen-bond acceptors (Lipinski definition) is 6. The normalized spacial score (nSPS) is 18.7. The minimum absolute atomic E-state index is 0.170. The molecule has 1 aromatic carbocycles. The molecule has 8 nitrogen and oxygen atoms in total. The quantitative estimate of drug-likeness (QED) is 0.602. The summed E-state index contributed by atoms with van der Waals surface area (Å²) in [5.41, 5.74) is 0.145. The van der Waals surface area contributed by atoms with Crippen molar-refractivity contribution >= 4 is 35.5 Å². The Morgan fingerprint density at radius 2 is 1.90 bits per heavy atom. The number of nitrogens with one attached hydrogen (secondary N) is 1. The van der Waals surface area contributed by atoms with E-state index in [1.165, 1.54) is 12.5 Å². The predicted octanol–water partition coefficient (Wildman–Crippen LogP) is 3.34. The summed E-state index contributed by atoms with van der Waals surface area (Å²) < 4.78 is 11.3. The number of carbonyl (C=O) groups is 3. The number of furan rings is 1. The number of carbonyl (C=O) groups excluding carboxylic acids is 3. The number of benzene rings is 1. The van der Waals surface area contributed by atoms with E-state index in [0.29, 0.717) is 29.7 Å². The van der Waals surface area contributed by atoms with Crippen molar-refractivity contribution in [1.29, 1.82) is 0 Å². The number of nitrogens with zero attached hydrogens (tertiary/aromatic N) is 2. The van der Waals surface area contributed by atoms with Gasteiger partial charge < -0.3 is 14.1 Å². The molecule has 8 heteroatoms. The molecule has 2 aliphatic heterocycles. The molecule has 0 atom stereocenters. The summed E-state index contributed by atoms with van der Waals surface area (Å²) in [6.07, 6.45) is 4.79. The van der Waals surface area contributed by atoms with Crippen LogP contribution in [-0.2, 0) is 9.59 Å². The third kappa shape index (κ3) is 3.94. The molecule has 2 fully saturated rings. The van der Waals surface area contributed by atoms with Crippen molar-refractivity contribution in [2.45, 2.75) is 26.2 Å². The van der Waals surface area contributed by atoms with E-state index in [4.69, 9.17) is 9.15 Å². The van der Waals surface area contributed by atoms with Gasteiger partial charge in [0, 0.05) is 25.2 Å². The highest BCUT2D eigenvalue weighted by atomic mass is 16.5. The highest BCUT2D eigenvalue weighted by Gasteiger charge is 2.37. The van der Waals surface area contributed by atoms with Gasteiger partial charge in [0.15, 0.2) is 5.88 Å². The van der Waals surface area contributed by atoms with Crippen molar-refractivity contribution in [1.82, 2.24) is 5.32 Å². The van der Waals surface area contributed by atoms with Gasteiger partial charge in [-0.25, -0.2) is 9.69 Å². The van der Waals surface area contributed by atoms with E-state index >= 15 is 0 Å². The molecule has 2 saturated heterocycles. The molecule has 1 aromatic heterocycles. The summed E-state index contributed by atoms with van der Waals surface area (Å²) in [6, 6.07) is 9.34. The van der Waals surface area contributed by atoms with E-state index in [0.717, 1.165) is 30.8 Å². The topological polar surface area (TPSA) is 92.1 Å². The van der Waals surface area contributed by atoms with Gasteiger partial charge in [-0.1, -0.05) is 6.07 Å². The predicted molar refractivity (Wildman–Crippen MR) is 111 cm³/mol. The molecule has 2 aromatic rings. The third-order valence-corrected chi connectivity index (χ3v) is 5.06. The van der Waals surface area contributed by atoms with Crippen LogP contribution in [0.4, 0.5) is 16.4 Å². The fourth-order valence-electron chi connectivity index (χ4n) is 3.62. The molecule has 0 saturated carbocycles. The number of rotatable bonds is 5. The van der Waals surface area contributed by atoms with Gasteiger partial charge in [0.05, 0.1) is 12.3 Å². The molecule has 0 aliphatic carbocycles. The lowest BCUT2D eigenvalue weighted by molar-refractivity contribution is -0.122. The minimum atomic E-state index is -0.802. The molecule has 3 heterocycles. The number of imide groups is 2. The second-order valence-electron chi connectivity index (χ2n) is 7.11. The van der Waals surface area contributed by atoms with Crippen molar-refractivity contribution in [2.75, 3.05) is 29.5 Å². The Morgan fingerprint density at radius 3 is 2.67 bits per heavy atom. The van der Waals surface area contributed by atoms with Crippen molar-refractivity contribution in [2.24, 2.45) is 0 Å². The van der Waals surface area contributed by atoms with E-state index in [2.05, 4.69) is 10.2 Å². The molecule has 1 N–H and O–H groups in total. The van der Waals surface area contributed by atoms with Gasteiger partial charge in [0.2, 0.25) is 0 Å². The standard InChI is InChI=1S/C22H23N3O5/c1-2-29-16-8-6-7-15(13-16)25-21(27)18(20(26)23-22(25)28)14-17-9-10-19(30-17)24-11-4-3-5-12-24/h6-10,13-14H,2-5,11-12H2,1H3,(H,23,26,28)/b18-14+. The Labute approximate surface area is 174 Å². The number of amides is 4. The Balaban J connectivity index is 1.61. The maximum Gasteiger partial charge on any atom is 0.335 e. The summed E-state index contributed by atoms with van der Waals surface area (Å²) in [6.45, 7) is 4.13. The first-order chi connectivity index (χ1) is 14.6. The van der Waals surface area contributed by atoms with E-state index < -0.39 is 17.8 Å². The number of piperidine rings is 1. The summed E-state index contributed by atoms with van der Waals surface area (Å²) in [4.78, 5) is 40.8. The molecule has 0 bridgehead atoms. The van der Waals surface area contributed by atoms with Crippen LogP contribution in [0, 0.1) is 0 Å². The number of urea groups is 1. The van der Waals surface area contributed by atoms with Gasteiger partial charge in [0.25, 0.3) is 11.8 Å². The molecular formula is C22H23N3O5. The highest BCUT2D eigenvalue weighted by molar-refractivity contribution is 6.39. The summed E-state index contributed by atoms with van der Waals surface area (Å²) >= 11 is 0. The Hall–Kier alpha value is -3.55. The number of barbiturate groups is 1. The molecule has 0 spiro atoms. The van der Waals surface area contributed by atoms with Gasteiger partial charge in [-0.05, 0) is 50.5 Å². The summed E-state index contributed by atoms with van der Waals surface area (Å²) in [5.74, 6) is 0.149. The maximum atomic E-state index is 13.0. The van der Waals surface area contributed by atoms with E-state index in [1.807, 2.05) is 13.0 Å². The molecule has 4 rings (SSSR count). The smallest absolute Gasteiger partial charge is 0.335 e. The fourth-order valence-corrected chi connectivity index (χ4v) is 3.62. The highest BCUT2D eigenvalue weighted by Crippen LogP contribution is 2.27. The molecule has 30 heavy (non-hydrogen) atoms. The van der Waals surface area contributed by atoms with Crippen LogP contribution in [0.2, 0.25) is 0 Å². The zero-order valence-electron chi connectivity index (χ0n) is 16.7. The van der Waals surface area contributed by atoms with Crippen LogP contribution in [0.1, 0.15) is 31.9 Å². The average Bonchev–Trinajstić information content (AvgIpc) is 3.21. The first kappa shape index (κ1) is 19.8. The van der Waals surface area contributed by atoms with Crippen LogP contribution in [0.5, 0.6) is 5.75 Å². The third-order valence-electron chi connectivity index (χ3n) is 5.06. The summed E-state index contributed by atoms with van der Waals surface area (Å²) in [7, 11) is 0. The second kappa shape index (κ2) is 8.44. The molecule has 0 radical (unpaired) electrons. The van der Waals surface area contributed by atoms with Crippen LogP contribution >= 0.6 is 0 Å². The molecule has 2 aliphatic rings. The fraction of sp³-hybridized carbons (Fsp3) is 0.318. The van der Waals surface area contributed by atoms with Gasteiger partial charge in [0.1, 0.15) is 17.1 Å². The lowest BCUT2D eigenvalue weighted by Crippen LogP contribution is -2.54. The first-order valence-electron chi connectivity index (χ1n) is 10.1. The molecule has 0 unspecified atom stereocenters. The molecule has 156 valence electrons. The van der Waals surface area contributed by atoms with Crippen LogP contribution in [-0.4, -0.2) is 37.5 Å². The van der Waals surface area contributed by atoms with Gasteiger partial charge in [-0.3, -0.25) is 14.9 Å². The number of hydrogen-bond donors (Lipinski definition) is 1.